The average Bonchev–Trinajstić information content (AvgIpc) is 3.08. The molecule has 3 nitrogen and oxygen atoms in total. The minimum atomic E-state index is 0.344. The van der Waals surface area contributed by atoms with Crippen molar-refractivity contribution in [3.63, 3.8) is 0 Å². The molecular formula is C13H20BrN3. The molecule has 1 heterocycles. The Bertz CT molecular complexity index is 443. The van der Waals surface area contributed by atoms with Crippen molar-refractivity contribution >= 4 is 15.9 Å². The van der Waals surface area contributed by atoms with Gasteiger partial charge < -0.3 is 4.57 Å². The molecule has 2 fully saturated rings. The standard InChI is InChI=1S/C13H20BrN3/c1-12(2)10(13(12,3)4)11-16-15-9(7-14)17(11)8-5-6-8/h8,10H,5-7H2,1-4H3. The molecule has 3 rings (SSSR count). The summed E-state index contributed by atoms with van der Waals surface area (Å²) in [6, 6.07) is 0.666. The summed E-state index contributed by atoms with van der Waals surface area (Å²) in [6.07, 6.45) is 2.58. The van der Waals surface area contributed by atoms with Gasteiger partial charge in [-0.1, -0.05) is 43.6 Å². The summed E-state index contributed by atoms with van der Waals surface area (Å²) >= 11 is 3.52. The molecule has 0 atom stereocenters. The van der Waals surface area contributed by atoms with Gasteiger partial charge in [-0.2, -0.15) is 0 Å². The Kier molecular flexibility index (Phi) is 2.30. The topological polar surface area (TPSA) is 30.7 Å². The van der Waals surface area contributed by atoms with E-state index in [-0.39, 0.29) is 0 Å². The van der Waals surface area contributed by atoms with Crippen LogP contribution in [0, 0.1) is 10.8 Å². The van der Waals surface area contributed by atoms with Gasteiger partial charge in [0, 0.05) is 12.0 Å². The van der Waals surface area contributed by atoms with Gasteiger partial charge in [0.1, 0.15) is 11.6 Å². The van der Waals surface area contributed by atoms with Gasteiger partial charge in [0.2, 0.25) is 0 Å². The molecule has 0 aliphatic heterocycles. The molecule has 0 spiro atoms. The number of halogens is 1. The molecular weight excluding hydrogens is 278 g/mol. The summed E-state index contributed by atoms with van der Waals surface area (Å²) < 4.78 is 2.40. The van der Waals surface area contributed by atoms with Crippen LogP contribution in [0.4, 0.5) is 0 Å². The van der Waals surface area contributed by atoms with Gasteiger partial charge >= 0.3 is 0 Å². The SMILES string of the molecule is CC1(C)C(c2nnc(CBr)n2C2CC2)C1(C)C. The quantitative estimate of drug-likeness (QED) is 0.797. The van der Waals surface area contributed by atoms with Gasteiger partial charge in [0.05, 0.1) is 5.33 Å². The van der Waals surface area contributed by atoms with Crippen LogP contribution < -0.4 is 0 Å². The number of rotatable bonds is 3. The number of aromatic nitrogens is 3. The highest BCUT2D eigenvalue weighted by Crippen LogP contribution is 2.73. The Morgan fingerprint density at radius 3 is 2.18 bits per heavy atom. The third kappa shape index (κ3) is 1.46. The summed E-state index contributed by atoms with van der Waals surface area (Å²) in [5.74, 6) is 2.87. The van der Waals surface area contributed by atoms with E-state index in [1.54, 1.807) is 0 Å². The van der Waals surface area contributed by atoms with Crippen molar-refractivity contribution in [1.82, 2.24) is 14.8 Å². The maximum absolute atomic E-state index is 4.48. The van der Waals surface area contributed by atoms with Gasteiger partial charge in [-0.25, -0.2) is 0 Å². The lowest BCUT2D eigenvalue weighted by molar-refractivity contribution is 0.457. The Labute approximate surface area is 111 Å². The van der Waals surface area contributed by atoms with Crippen molar-refractivity contribution in [2.45, 2.75) is 57.8 Å². The molecule has 0 radical (unpaired) electrons. The summed E-state index contributed by atoms with van der Waals surface area (Å²) in [5, 5.41) is 9.65. The van der Waals surface area contributed by atoms with Gasteiger partial charge in [-0.05, 0) is 23.7 Å². The van der Waals surface area contributed by atoms with E-state index in [0.29, 0.717) is 22.8 Å². The van der Waals surface area contributed by atoms with Gasteiger partial charge in [0.25, 0.3) is 0 Å². The molecule has 1 aromatic heterocycles. The summed E-state index contributed by atoms with van der Waals surface area (Å²) in [4.78, 5) is 0. The minimum Gasteiger partial charge on any atom is -0.311 e. The van der Waals surface area contributed by atoms with Gasteiger partial charge in [0.15, 0.2) is 0 Å². The Hall–Kier alpha value is -0.380. The van der Waals surface area contributed by atoms with Gasteiger partial charge in [-0.3, -0.25) is 0 Å². The molecule has 2 aliphatic carbocycles. The Balaban J connectivity index is 2.02. The maximum atomic E-state index is 4.48. The van der Waals surface area contributed by atoms with Crippen LogP contribution in [0.5, 0.6) is 0 Å². The van der Waals surface area contributed by atoms with Crippen molar-refractivity contribution in [2.75, 3.05) is 0 Å². The maximum Gasteiger partial charge on any atom is 0.143 e. The first-order valence-electron chi connectivity index (χ1n) is 6.41. The molecule has 0 N–H and O–H groups in total. The molecule has 0 aromatic carbocycles. The van der Waals surface area contributed by atoms with Crippen LogP contribution in [-0.4, -0.2) is 14.8 Å². The zero-order valence-electron chi connectivity index (χ0n) is 11.0. The second-order valence-corrected chi connectivity index (χ2v) is 7.15. The monoisotopic (exact) mass is 297 g/mol. The second-order valence-electron chi connectivity index (χ2n) is 6.59. The molecule has 0 unspecified atom stereocenters. The number of alkyl halides is 1. The molecule has 0 saturated heterocycles. The zero-order chi connectivity index (χ0) is 12.4. The minimum absolute atomic E-state index is 0.344. The van der Waals surface area contributed by atoms with Crippen molar-refractivity contribution in [2.24, 2.45) is 10.8 Å². The summed E-state index contributed by atoms with van der Waals surface area (Å²) in [5.41, 5.74) is 0.687. The lowest BCUT2D eigenvalue weighted by Gasteiger charge is -2.08. The molecule has 0 amide bonds. The third-order valence-electron chi connectivity index (χ3n) is 5.10. The van der Waals surface area contributed by atoms with E-state index in [1.807, 2.05) is 0 Å². The Morgan fingerprint density at radius 1 is 1.18 bits per heavy atom. The smallest absolute Gasteiger partial charge is 0.143 e. The molecule has 2 aliphatic rings. The van der Waals surface area contributed by atoms with Crippen LogP contribution in [0.15, 0.2) is 0 Å². The number of hydrogen-bond donors (Lipinski definition) is 0. The zero-order valence-corrected chi connectivity index (χ0v) is 12.6. The molecule has 2 saturated carbocycles. The largest absolute Gasteiger partial charge is 0.311 e. The molecule has 1 aromatic rings. The van der Waals surface area contributed by atoms with Crippen LogP contribution in [0.1, 0.15) is 64.1 Å². The lowest BCUT2D eigenvalue weighted by Crippen LogP contribution is -2.06. The van der Waals surface area contributed by atoms with Crippen molar-refractivity contribution in [1.29, 1.82) is 0 Å². The van der Waals surface area contributed by atoms with Crippen LogP contribution in [0.3, 0.4) is 0 Å². The normalized spacial score (nSPS) is 26.2. The fourth-order valence-corrected chi connectivity index (χ4v) is 3.58. The van der Waals surface area contributed by atoms with Crippen LogP contribution in [0.25, 0.3) is 0 Å². The van der Waals surface area contributed by atoms with E-state index in [0.717, 1.165) is 11.2 Å². The van der Waals surface area contributed by atoms with E-state index in [9.17, 15) is 0 Å². The van der Waals surface area contributed by atoms with Crippen molar-refractivity contribution in [3.05, 3.63) is 11.6 Å². The second kappa shape index (κ2) is 3.34. The summed E-state index contributed by atoms with van der Waals surface area (Å²) in [6.45, 7) is 9.38. The van der Waals surface area contributed by atoms with Crippen molar-refractivity contribution < 1.29 is 0 Å². The predicted octanol–water partition coefficient (Wildman–Crippen LogP) is 3.66. The fourth-order valence-electron chi connectivity index (χ4n) is 3.20. The average molecular weight is 298 g/mol. The molecule has 4 heteroatoms. The first kappa shape index (κ1) is 11.7. The molecule has 94 valence electrons. The van der Waals surface area contributed by atoms with Gasteiger partial charge in [-0.15, -0.1) is 10.2 Å². The van der Waals surface area contributed by atoms with Crippen LogP contribution in [-0.2, 0) is 5.33 Å². The number of nitrogens with zero attached hydrogens (tertiary/aromatic N) is 3. The van der Waals surface area contributed by atoms with Crippen molar-refractivity contribution in [3.8, 4) is 0 Å². The highest BCUT2D eigenvalue weighted by atomic mass is 79.9. The summed E-state index contributed by atoms with van der Waals surface area (Å²) in [7, 11) is 0. The van der Waals surface area contributed by atoms with E-state index >= 15 is 0 Å². The van der Waals surface area contributed by atoms with E-state index in [1.165, 1.54) is 18.7 Å². The van der Waals surface area contributed by atoms with Crippen LogP contribution >= 0.6 is 15.9 Å². The first-order valence-corrected chi connectivity index (χ1v) is 7.53. The highest BCUT2D eigenvalue weighted by molar-refractivity contribution is 9.08. The highest BCUT2D eigenvalue weighted by Gasteiger charge is 2.67. The lowest BCUT2D eigenvalue weighted by atomic mass is 10.0. The predicted molar refractivity (Wildman–Crippen MR) is 71.2 cm³/mol. The third-order valence-corrected chi connectivity index (χ3v) is 5.60. The fraction of sp³-hybridized carbons (Fsp3) is 0.846. The van der Waals surface area contributed by atoms with E-state index in [2.05, 4.69) is 58.4 Å². The first-order chi connectivity index (χ1) is 7.91. The Morgan fingerprint density at radius 2 is 1.76 bits per heavy atom. The number of hydrogen-bond acceptors (Lipinski definition) is 2. The molecule has 0 bridgehead atoms. The van der Waals surface area contributed by atoms with E-state index < -0.39 is 0 Å². The van der Waals surface area contributed by atoms with Crippen LogP contribution in [0.2, 0.25) is 0 Å². The molecule has 17 heavy (non-hydrogen) atoms. The van der Waals surface area contributed by atoms with E-state index in [4.69, 9.17) is 0 Å².